The number of aryl methyl sites for hydroxylation is 1. The molecule has 7 nitrogen and oxygen atoms in total. The minimum absolute atomic E-state index is 0.0411. The van der Waals surface area contributed by atoms with Crippen molar-refractivity contribution in [3.05, 3.63) is 63.4 Å². The summed E-state index contributed by atoms with van der Waals surface area (Å²) in [6, 6.07) is 12.8. The smallest absolute Gasteiger partial charge is 0.243 e. The second-order valence-electron chi connectivity index (χ2n) is 6.99. The molecule has 3 rings (SSSR count). The normalized spacial score (nSPS) is 10.7. The predicted molar refractivity (Wildman–Crippen MR) is 120 cm³/mol. The summed E-state index contributed by atoms with van der Waals surface area (Å²) >= 11 is 11.2. The number of aromatic nitrogens is 3. The number of nitrogens with one attached hydrogen (secondary N) is 2. The van der Waals surface area contributed by atoms with E-state index in [1.165, 1.54) is 4.90 Å². The zero-order valence-corrected chi connectivity index (χ0v) is 18.5. The van der Waals surface area contributed by atoms with Crippen LogP contribution in [0.2, 0.25) is 5.02 Å². The molecule has 0 bridgehead atoms. The zero-order chi connectivity index (χ0) is 21.8. The van der Waals surface area contributed by atoms with E-state index < -0.39 is 0 Å². The Labute approximate surface area is 184 Å². The van der Waals surface area contributed by atoms with Gasteiger partial charge in [0.05, 0.1) is 6.54 Å². The molecule has 2 amide bonds. The molecule has 0 spiro atoms. The fourth-order valence-corrected chi connectivity index (χ4v) is 3.24. The van der Waals surface area contributed by atoms with E-state index in [9.17, 15) is 9.59 Å². The number of H-pyrrole nitrogens is 1. The van der Waals surface area contributed by atoms with E-state index in [-0.39, 0.29) is 24.9 Å². The van der Waals surface area contributed by atoms with Crippen LogP contribution in [0.15, 0.2) is 42.5 Å². The first-order chi connectivity index (χ1) is 14.3. The van der Waals surface area contributed by atoms with Gasteiger partial charge in [-0.2, -0.15) is 5.10 Å². The molecular weight excluding hydrogens is 422 g/mol. The molecule has 0 radical (unpaired) electrons. The number of nitrogens with zero attached hydrogens (tertiary/aromatic N) is 3. The van der Waals surface area contributed by atoms with Gasteiger partial charge in [0.15, 0.2) is 10.6 Å². The Morgan fingerprint density at radius 2 is 1.90 bits per heavy atom. The molecule has 156 valence electrons. The van der Waals surface area contributed by atoms with E-state index in [0.29, 0.717) is 15.6 Å². The second kappa shape index (κ2) is 9.23. The summed E-state index contributed by atoms with van der Waals surface area (Å²) < 4.78 is 1.92. The highest BCUT2D eigenvalue weighted by Crippen LogP contribution is 2.20. The Hall–Kier alpha value is -2.97. The number of likely N-dealkylation sites (N-methyl/N-ethyl adjacent to an activating group) is 1. The molecule has 0 aliphatic rings. The van der Waals surface area contributed by atoms with Gasteiger partial charge in [-0.05, 0) is 67.5 Å². The maximum absolute atomic E-state index is 12.7. The second-order valence-corrected chi connectivity index (χ2v) is 7.81. The first kappa shape index (κ1) is 21.7. The third kappa shape index (κ3) is 4.95. The Kier molecular flexibility index (Phi) is 6.69. The molecule has 0 saturated carbocycles. The maximum atomic E-state index is 12.7. The van der Waals surface area contributed by atoms with Crippen molar-refractivity contribution in [3.63, 3.8) is 0 Å². The minimum atomic E-state index is -0.270. The van der Waals surface area contributed by atoms with Crippen molar-refractivity contribution in [2.45, 2.75) is 20.4 Å². The van der Waals surface area contributed by atoms with Gasteiger partial charge in [-0.1, -0.05) is 23.7 Å². The van der Waals surface area contributed by atoms with Gasteiger partial charge < -0.3 is 10.2 Å². The molecule has 9 heteroatoms. The van der Waals surface area contributed by atoms with Crippen LogP contribution >= 0.6 is 23.8 Å². The summed E-state index contributed by atoms with van der Waals surface area (Å²) in [7, 11) is 1.58. The monoisotopic (exact) mass is 443 g/mol. The number of rotatable bonds is 6. The standard InChI is InChI=1S/C21H22ClN5O2S/c1-13-5-4-6-17(14(13)2)23-18(28)11-26(3)19(29)12-27-20(24-25-21(27)30)15-7-9-16(22)10-8-15/h4-10H,11-12H2,1-3H3,(H,23,28)(H,25,30). The molecule has 0 atom stereocenters. The van der Waals surface area contributed by atoms with Crippen LogP contribution in [0.25, 0.3) is 11.4 Å². The number of amides is 2. The van der Waals surface area contributed by atoms with Crippen LogP contribution in [0.3, 0.4) is 0 Å². The van der Waals surface area contributed by atoms with E-state index in [0.717, 1.165) is 22.4 Å². The van der Waals surface area contributed by atoms with Gasteiger partial charge in [-0.3, -0.25) is 19.3 Å². The average molecular weight is 444 g/mol. The highest BCUT2D eigenvalue weighted by molar-refractivity contribution is 7.71. The van der Waals surface area contributed by atoms with E-state index >= 15 is 0 Å². The molecule has 30 heavy (non-hydrogen) atoms. The first-order valence-corrected chi connectivity index (χ1v) is 10.1. The largest absolute Gasteiger partial charge is 0.335 e. The number of aromatic amines is 1. The van der Waals surface area contributed by atoms with E-state index in [2.05, 4.69) is 15.5 Å². The number of halogens is 1. The molecule has 0 fully saturated rings. The van der Waals surface area contributed by atoms with Crippen molar-refractivity contribution < 1.29 is 9.59 Å². The molecule has 0 saturated heterocycles. The van der Waals surface area contributed by atoms with Crippen LogP contribution in [0.4, 0.5) is 5.69 Å². The number of anilines is 1. The molecule has 2 aromatic carbocycles. The Morgan fingerprint density at radius 1 is 1.20 bits per heavy atom. The lowest BCUT2D eigenvalue weighted by Crippen LogP contribution is -2.37. The number of carbonyl (C=O) groups is 2. The van der Waals surface area contributed by atoms with Gasteiger partial charge in [0.2, 0.25) is 11.8 Å². The van der Waals surface area contributed by atoms with Crippen molar-refractivity contribution in [2.24, 2.45) is 0 Å². The summed E-state index contributed by atoms with van der Waals surface area (Å²) in [5, 5.41) is 10.4. The third-order valence-corrected chi connectivity index (χ3v) is 5.40. The van der Waals surface area contributed by atoms with Crippen LogP contribution in [0, 0.1) is 18.6 Å². The van der Waals surface area contributed by atoms with E-state index in [1.807, 2.05) is 32.0 Å². The van der Waals surface area contributed by atoms with Gasteiger partial charge in [0.25, 0.3) is 0 Å². The zero-order valence-electron chi connectivity index (χ0n) is 16.9. The molecule has 0 aliphatic carbocycles. The summed E-state index contributed by atoms with van der Waals surface area (Å²) in [4.78, 5) is 26.5. The van der Waals surface area contributed by atoms with Crippen molar-refractivity contribution in [1.82, 2.24) is 19.7 Å². The minimum Gasteiger partial charge on any atom is -0.335 e. The van der Waals surface area contributed by atoms with Crippen LogP contribution in [-0.4, -0.2) is 45.1 Å². The molecule has 1 aromatic heterocycles. The molecule has 3 aromatic rings. The molecule has 1 heterocycles. The van der Waals surface area contributed by atoms with Gasteiger partial charge in [0.1, 0.15) is 6.54 Å². The van der Waals surface area contributed by atoms with Gasteiger partial charge in [-0.15, -0.1) is 0 Å². The highest BCUT2D eigenvalue weighted by atomic mass is 35.5. The predicted octanol–water partition coefficient (Wildman–Crippen LogP) is 3.98. The van der Waals surface area contributed by atoms with Crippen LogP contribution in [-0.2, 0) is 16.1 Å². The molecular formula is C21H22ClN5O2S. The number of benzene rings is 2. The van der Waals surface area contributed by atoms with Crippen molar-refractivity contribution in [3.8, 4) is 11.4 Å². The van der Waals surface area contributed by atoms with Gasteiger partial charge >= 0.3 is 0 Å². The Morgan fingerprint density at radius 3 is 2.60 bits per heavy atom. The van der Waals surface area contributed by atoms with Crippen LogP contribution in [0.1, 0.15) is 11.1 Å². The van der Waals surface area contributed by atoms with Crippen molar-refractivity contribution in [2.75, 3.05) is 18.9 Å². The highest BCUT2D eigenvalue weighted by Gasteiger charge is 2.18. The Balaban J connectivity index is 1.68. The number of hydrogen-bond donors (Lipinski definition) is 2. The lowest BCUT2D eigenvalue weighted by atomic mass is 10.1. The maximum Gasteiger partial charge on any atom is 0.243 e. The lowest BCUT2D eigenvalue weighted by molar-refractivity contribution is -0.133. The molecule has 0 unspecified atom stereocenters. The fourth-order valence-electron chi connectivity index (χ4n) is 2.92. The number of carbonyl (C=O) groups excluding carboxylic acids is 2. The summed E-state index contributed by atoms with van der Waals surface area (Å²) in [5.41, 5.74) is 3.59. The Bertz CT molecular complexity index is 1140. The van der Waals surface area contributed by atoms with Crippen LogP contribution < -0.4 is 5.32 Å². The SMILES string of the molecule is Cc1cccc(NC(=O)CN(C)C(=O)Cn2c(-c3ccc(Cl)cc3)n[nH]c2=S)c1C. The average Bonchev–Trinajstić information content (AvgIpc) is 3.06. The van der Waals surface area contributed by atoms with Crippen molar-refractivity contribution >= 4 is 41.3 Å². The molecule has 0 aliphatic heterocycles. The summed E-state index contributed by atoms with van der Waals surface area (Å²) in [5.74, 6) is -0.00894. The molecule has 2 N–H and O–H groups in total. The van der Waals surface area contributed by atoms with E-state index in [4.69, 9.17) is 23.8 Å². The van der Waals surface area contributed by atoms with Gasteiger partial charge in [-0.25, -0.2) is 0 Å². The number of hydrogen-bond acceptors (Lipinski definition) is 4. The summed E-state index contributed by atoms with van der Waals surface area (Å²) in [6.45, 7) is 3.81. The summed E-state index contributed by atoms with van der Waals surface area (Å²) in [6.07, 6.45) is 0. The fraction of sp³-hybridized carbons (Fsp3) is 0.238. The van der Waals surface area contributed by atoms with Crippen LogP contribution in [0.5, 0.6) is 0 Å². The lowest BCUT2D eigenvalue weighted by Gasteiger charge is -2.18. The van der Waals surface area contributed by atoms with E-state index in [1.54, 1.807) is 35.9 Å². The topological polar surface area (TPSA) is 83.0 Å². The van der Waals surface area contributed by atoms with Gasteiger partial charge in [0, 0.05) is 23.3 Å². The van der Waals surface area contributed by atoms with Crippen molar-refractivity contribution in [1.29, 1.82) is 0 Å². The third-order valence-electron chi connectivity index (χ3n) is 4.84. The quantitative estimate of drug-likeness (QED) is 0.564. The first-order valence-electron chi connectivity index (χ1n) is 9.27.